The maximum Gasteiger partial charge on any atom is 0.235 e. The van der Waals surface area contributed by atoms with Crippen LogP contribution in [0.25, 0.3) is 0 Å². The number of thiophene rings is 1. The van der Waals surface area contributed by atoms with E-state index >= 15 is 0 Å². The lowest BCUT2D eigenvalue weighted by atomic mass is 9.72. The van der Waals surface area contributed by atoms with Crippen molar-refractivity contribution < 1.29 is 4.79 Å². The minimum absolute atomic E-state index is 0.105. The van der Waals surface area contributed by atoms with Crippen molar-refractivity contribution in [3.63, 3.8) is 0 Å². The van der Waals surface area contributed by atoms with E-state index in [-0.39, 0.29) is 17.1 Å². The molecular weight excluding hydrogens is 424 g/mol. The molecule has 2 aromatic heterocycles. The number of anilines is 1. The minimum atomic E-state index is -0.105. The summed E-state index contributed by atoms with van der Waals surface area (Å²) in [7, 11) is 0. The zero-order valence-electron chi connectivity index (χ0n) is 18.8. The van der Waals surface area contributed by atoms with Gasteiger partial charge in [0.05, 0.1) is 11.3 Å². The molecule has 0 unspecified atom stereocenters. The van der Waals surface area contributed by atoms with Crippen LogP contribution in [0.15, 0.2) is 5.16 Å². The monoisotopic (exact) mass is 454 g/mol. The van der Waals surface area contributed by atoms with Gasteiger partial charge in [0.25, 0.3) is 0 Å². The number of nitriles is 1. The van der Waals surface area contributed by atoms with Gasteiger partial charge >= 0.3 is 0 Å². The Morgan fingerprint density at radius 3 is 2.74 bits per heavy atom. The molecule has 0 saturated carbocycles. The van der Waals surface area contributed by atoms with Crippen LogP contribution in [0.3, 0.4) is 0 Å². The molecule has 7 heteroatoms. The Labute approximate surface area is 193 Å². The maximum atomic E-state index is 12.7. The van der Waals surface area contributed by atoms with Crippen molar-refractivity contribution >= 4 is 34.0 Å². The second kappa shape index (κ2) is 8.91. The van der Waals surface area contributed by atoms with Crippen LogP contribution in [0.4, 0.5) is 5.00 Å². The molecule has 1 atom stereocenters. The van der Waals surface area contributed by atoms with Crippen molar-refractivity contribution in [3.05, 3.63) is 33.0 Å². The molecular formula is C24H30N4OS2. The fourth-order valence-corrected chi connectivity index (χ4v) is 6.65. The third kappa shape index (κ3) is 4.80. The first-order valence-corrected chi connectivity index (χ1v) is 12.9. The highest BCUT2D eigenvalue weighted by Crippen LogP contribution is 2.44. The summed E-state index contributed by atoms with van der Waals surface area (Å²) in [6.45, 7) is 8.89. The molecule has 2 aliphatic carbocycles. The lowest BCUT2D eigenvalue weighted by Crippen LogP contribution is -2.26. The Kier molecular flexibility index (Phi) is 6.41. The molecule has 1 N–H and O–H groups in total. The number of fused-ring (bicyclic) bond motifs is 2. The van der Waals surface area contributed by atoms with Crippen molar-refractivity contribution in [2.45, 2.75) is 77.8 Å². The lowest BCUT2D eigenvalue weighted by Gasteiger charge is -2.33. The molecule has 5 nitrogen and oxygen atoms in total. The molecule has 0 radical (unpaired) electrons. The summed E-state index contributed by atoms with van der Waals surface area (Å²) in [5.74, 6) is 0.746. The fraction of sp³-hybridized carbons (Fsp3) is 0.583. The molecule has 0 fully saturated rings. The highest BCUT2D eigenvalue weighted by molar-refractivity contribution is 7.99. The highest BCUT2D eigenvalue weighted by atomic mass is 32.2. The smallest absolute Gasteiger partial charge is 0.235 e. The summed E-state index contributed by atoms with van der Waals surface area (Å²) >= 11 is 2.96. The second-order valence-electron chi connectivity index (χ2n) is 9.69. The fourth-order valence-electron chi connectivity index (χ4n) is 4.64. The van der Waals surface area contributed by atoms with E-state index in [0.717, 1.165) is 49.1 Å². The number of rotatable bonds is 4. The molecule has 2 heterocycles. The Bertz CT molecular complexity index is 1050. The predicted octanol–water partition coefficient (Wildman–Crippen LogP) is 5.48. The minimum Gasteiger partial charge on any atom is -0.316 e. The van der Waals surface area contributed by atoms with Crippen molar-refractivity contribution in [1.82, 2.24) is 9.97 Å². The average Bonchev–Trinajstić information content (AvgIpc) is 3.07. The Balaban J connectivity index is 1.43. The first-order valence-electron chi connectivity index (χ1n) is 11.1. The summed E-state index contributed by atoms with van der Waals surface area (Å²) in [5, 5.41) is 14.1. The quantitative estimate of drug-likeness (QED) is 0.489. The lowest BCUT2D eigenvalue weighted by molar-refractivity contribution is -0.113. The number of aromatic nitrogens is 2. The van der Waals surface area contributed by atoms with Crippen molar-refractivity contribution in [1.29, 1.82) is 5.26 Å². The third-order valence-corrected chi connectivity index (χ3v) is 8.57. The first kappa shape index (κ1) is 22.3. The molecule has 164 valence electrons. The largest absolute Gasteiger partial charge is 0.316 e. The normalized spacial score (nSPS) is 18.1. The van der Waals surface area contributed by atoms with Crippen LogP contribution in [0.5, 0.6) is 0 Å². The summed E-state index contributed by atoms with van der Waals surface area (Å²) < 4.78 is 0. The van der Waals surface area contributed by atoms with E-state index in [0.29, 0.717) is 21.6 Å². The summed E-state index contributed by atoms with van der Waals surface area (Å²) in [6.07, 6.45) is 7.44. The van der Waals surface area contributed by atoms with Crippen molar-refractivity contribution in [2.75, 3.05) is 11.1 Å². The van der Waals surface area contributed by atoms with E-state index in [9.17, 15) is 10.1 Å². The van der Waals surface area contributed by atoms with Crippen LogP contribution in [0.2, 0.25) is 0 Å². The van der Waals surface area contributed by atoms with Crippen LogP contribution < -0.4 is 5.32 Å². The summed E-state index contributed by atoms with van der Waals surface area (Å²) in [4.78, 5) is 23.2. The van der Waals surface area contributed by atoms with Crippen LogP contribution in [-0.4, -0.2) is 21.6 Å². The van der Waals surface area contributed by atoms with E-state index in [2.05, 4.69) is 37.1 Å². The maximum absolute atomic E-state index is 12.7. The van der Waals surface area contributed by atoms with Gasteiger partial charge < -0.3 is 5.32 Å². The van der Waals surface area contributed by atoms with Crippen molar-refractivity contribution in [3.8, 4) is 6.07 Å². The van der Waals surface area contributed by atoms with Crippen molar-refractivity contribution in [2.24, 2.45) is 11.3 Å². The average molecular weight is 455 g/mol. The molecule has 0 aliphatic heterocycles. The molecule has 0 saturated heterocycles. The predicted molar refractivity (Wildman–Crippen MR) is 127 cm³/mol. The van der Waals surface area contributed by atoms with E-state index in [1.807, 2.05) is 6.92 Å². The number of thioether (sulfide) groups is 1. The van der Waals surface area contributed by atoms with Gasteiger partial charge in [-0.3, -0.25) is 4.79 Å². The Morgan fingerprint density at radius 2 is 2.00 bits per heavy atom. The molecule has 0 bridgehead atoms. The Hall–Kier alpha value is -1.91. The van der Waals surface area contributed by atoms with E-state index in [1.165, 1.54) is 35.0 Å². The number of amides is 1. The van der Waals surface area contributed by atoms with Gasteiger partial charge in [-0.1, -0.05) is 32.5 Å². The molecule has 4 rings (SSSR count). The van der Waals surface area contributed by atoms with Crippen LogP contribution in [0.1, 0.15) is 73.0 Å². The van der Waals surface area contributed by atoms with Gasteiger partial charge in [0, 0.05) is 16.3 Å². The molecule has 1 amide bonds. The second-order valence-corrected chi connectivity index (χ2v) is 11.7. The van der Waals surface area contributed by atoms with Gasteiger partial charge in [-0.05, 0) is 74.3 Å². The topological polar surface area (TPSA) is 78.7 Å². The Morgan fingerprint density at radius 1 is 1.23 bits per heavy atom. The number of carbonyl (C=O) groups is 1. The number of aryl methyl sites for hydroxylation is 2. The van der Waals surface area contributed by atoms with E-state index in [1.54, 1.807) is 11.3 Å². The van der Waals surface area contributed by atoms with Crippen LogP contribution >= 0.6 is 23.1 Å². The van der Waals surface area contributed by atoms with Gasteiger partial charge in [0.15, 0.2) is 5.16 Å². The number of hydrogen-bond donors (Lipinski definition) is 1. The molecule has 2 aromatic rings. The summed E-state index contributed by atoms with van der Waals surface area (Å²) in [6, 6.07) is 2.34. The SMILES string of the molecule is Cc1nc(SCC(=O)Nc2sc3c(c2C#N)CC[C@@H](C(C)(C)C)C3)nc2c1CCCC2. The number of nitrogens with one attached hydrogen (secondary N) is 1. The zero-order chi connectivity index (χ0) is 22.2. The van der Waals surface area contributed by atoms with Gasteiger partial charge in [0.1, 0.15) is 11.1 Å². The zero-order valence-corrected chi connectivity index (χ0v) is 20.4. The molecule has 0 spiro atoms. The van der Waals surface area contributed by atoms with Gasteiger partial charge in [-0.2, -0.15) is 5.26 Å². The molecule has 0 aromatic carbocycles. The van der Waals surface area contributed by atoms with E-state index < -0.39 is 0 Å². The van der Waals surface area contributed by atoms with Gasteiger partial charge in [-0.25, -0.2) is 9.97 Å². The molecule has 31 heavy (non-hydrogen) atoms. The van der Waals surface area contributed by atoms with E-state index in [4.69, 9.17) is 4.98 Å². The first-order chi connectivity index (χ1) is 14.8. The third-order valence-electron chi connectivity index (χ3n) is 6.56. The summed E-state index contributed by atoms with van der Waals surface area (Å²) in [5.41, 5.74) is 5.53. The molecule has 2 aliphatic rings. The number of hydrogen-bond acceptors (Lipinski definition) is 6. The highest BCUT2D eigenvalue weighted by Gasteiger charge is 2.32. The van der Waals surface area contributed by atoms with Gasteiger partial charge in [0.2, 0.25) is 5.91 Å². The number of carbonyl (C=O) groups excluding carboxylic acids is 1. The van der Waals surface area contributed by atoms with Crippen LogP contribution in [-0.2, 0) is 30.5 Å². The number of nitrogens with zero attached hydrogens (tertiary/aromatic N) is 3. The van der Waals surface area contributed by atoms with Crippen LogP contribution in [0, 0.1) is 29.6 Å². The standard InChI is InChI=1S/C24H30N4OS2/c1-14-16-7-5-6-8-19(16)27-23(26-14)30-13-21(29)28-22-18(12-25)17-10-9-15(24(2,3)4)11-20(17)31-22/h15H,5-11,13H2,1-4H3,(H,28,29)/t15-/m1/s1. The van der Waals surface area contributed by atoms with Gasteiger partial charge in [-0.15, -0.1) is 11.3 Å².